The van der Waals surface area contributed by atoms with Gasteiger partial charge in [-0.15, -0.1) is 10.2 Å². The lowest BCUT2D eigenvalue weighted by atomic mass is 10.3. The summed E-state index contributed by atoms with van der Waals surface area (Å²) >= 11 is 7.38. The molecule has 1 heterocycles. The van der Waals surface area contributed by atoms with Crippen LogP contribution in [0.5, 0.6) is 5.75 Å². The highest BCUT2D eigenvalue weighted by Crippen LogP contribution is 2.20. The zero-order chi connectivity index (χ0) is 12.8. The van der Waals surface area contributed by atoms with Gasteiger partial charge in [-0.1, -0.05) is 35.9 Å². The summed E-state index contributed by atoms with van der Waals surface area (Å²) in [6.45, 7) is 3.42. The van der Waals surface area contributed by atoms with E-state index in [1.807, 2.05) is 18.2 Å². The third kappa shape index (κ3) is 3.85. The smallest absolute Gasteiger partial charge is 0.205 e. The summed E-state index contributed by atoms with van der Waals surface area (Å²) in [6.07, 6.45) is 1.06. The van der Waals surface area contributed by atoms with Crippen molar-refractivity contribution in [3.63, 3.8) is 0 Å². The molecule has 0 aliphatic carbocycles. The molecule has 0 saturated carbocycles. The average molecular weight is 284 g/mol. The van der Waals surface area contributed by atoms with Gasteiger partial charge in [0.1, 0.15) is 12.4 Å². The van der Waals surface area contributed by atoms with Gasteiger partial charge in [0.2, 0.25) is 5.13 Å². The second kappa shape index (κ2) is 6.56. The van der Waals surface area contributed by atoms with E-state index in [9.17, 15) is 0 Å². The van der Waals surface area contributed by atoms with Gasteiger partial charge < -0.3 is 10.1 Å². The number of nitrogens with zero attached hydrogens (tertiary/aromatic N) is 2. The van der Waals surface area contributed by atoms with Crippen LogP contribution in [-0.2, 0) is 6.61 Å². The molecule has 0 amide bonds. The minimum Gasteiger partial charge on any atom is -0.486 e. The molecular weight excluding hydrogens is 270 g/mol. The average Bonchev–Trinajstić information content (AvgIpc) is 2.82. The Morgan fingerprint density at radius 2 is 2.28 bits per heavy atom. The summed E-state index contributed by atoms with van der Waals surface area (Å²) in [5.74, 6) is 0.737. The lowest BCUT2D eigenvalue weighted by Crippen LogP contribution is -1.98. The Kier molecular flexibility index (Phi) is 4.78. The Morgan fingerprint density at radius 3 is 3.06 bits per heavy atom. The molecule has 0 aliphatic heterocycles. The first-order chi connectivity index (χ1) is 8.78. The molecule has 1 aromatic heterocycles. The fourth-order valence-electron chi connectivity index (χ4n) is 1.32. The molecule has 0 fully saturated rings. The van der Waals surface area contributed by atoms with E-state index in [-0.39, 0.29) is 0 Å². The van der Waals surface area contributed by atoms with Crippen molar-refractivity contribution in [3.05, 3.63) is 34.3 Å². The number of anilines is 1. The Balaban J connectivity index is 1.88. The fraction of sp³-hybridized carbons (Fsp3) is 0.333. The second-order valence-corrected chi connectivity index (χ2v) is 5.17. The lowest BCUT2D eigenvalue weighted by Gasteiger charge is -2.03. The van der Waals surface area contributed by atoms with E-state index in [0.717, 1.165) is 28.9 Å². The Morgan fingerprint density at radius 1 is 1.39 bits per heavy atom. The summed E-state index contributed by atoms with van der Waals surface area (Å²) in [4.78, 5) is 0. The van der Waals surface area contributed by atoms with Crippen molar-refractivity contribution in [2.24, 2.45) is 0 Å². The van der Waals surface area contributed by atoms with Crippen molar-refractivity contribution in [1.29, 1.82) is 0 Å². The van der Waals surface area contributed by atoms with Crippen molar-refractivity contribution >= 4 is 28.1 Å². The number of ether oxygens (including phenoxy) is 1. The van der Waals surface area contributed by atoms with Crippen molar-refractivity contribution in [2.45, 2.75) is 20.0 Å². The van der Waals surface area contributed by atoms with Crippen LogP contribution in [0, 0.1) is 0 Å². The highest BCUT2D eigenvalue weighted by Gasteiger charge is 2.04. The van der Waals surface area contributed by atoms with Gasteiger partial charge in [-0.3, -0.25) is 0 Å². The highest BCUT2D eigenvalue weighted by atomic mass is 35.5. The summed E-state index contributed by atoms with van der Waals surface area (Å²) in [5, 5.41) is 13.6. The van der Waals surface area contributed by atoms with Crippen LogP contribution in [0.3, 0.4) is 0 Å². The summed E-state index contributed by atoms with van der Waals surface area (Å²) in [6, 6.07) is 7.31. The topological polar surface area (TPSA) is 47.0 Å². The van der Waals surface area contributed by atoms with Crippen LogP contribution < -0.4 is 10.1 Å². The summed E-state index contributed by atoms with van der Waals surface area (Å²) in [7, 11) is 0. The van der Waals surface area contributed by atoms with Crippen LogP contribution in [0.1, 0.15) is 18.4 Å². The van der Waals surface area contributed by atoms with Crippen LogP contribution in [-0.4, -0.2) is 16.7 Å². The Labute approximate surface area is 115 Å². The number of aromatic nitrogens is 2. The van der Waals surface area contributed by atoms with Crippen molar-refractivity contribution in [2.75, 3.05) is 11.9 Å². The quantitative estimate of drug-likeness (QED) is 0.880. The van der Waals surface area contributed by atoms with Crippen molar-refractivity contribution < 1.29 is 4.74 Å². The molecule has 2 rings (SSSR count). The predicted molar refractivity (Wildman–Crippen MR) is 74.5 cm³/mol. The van der Waals surface area contributed by atoms with E-state index in [1.165, 1.54) is 11.3 Å². The van der Waals surface area contributed by atoms with E-state index in [4.69, 9.17) is 16.3 Å². The first kappa shape index (κ1) is 13.1. The van der Waals surface area contributed by atoms with Crippen LogP contribution in [0.2, 0.25) is 5.02 Å². The molecule has 0 bridgehead atoms. The predicted octanol–water partition coefficient (Wildman–Crippen LogP) is 3.59. The van der Waals surface area contributed by atoms with Crippen LogP contribution in [0.4, 0.5) is 5.13 Å². The summed E-state index contributed by atoms with van der Waals surface area (Å²) in [5.41, 5.74) is 0. The molecule has 96 valence electrons. The van der Waals surface area contributed by atoms with Gasteiger partial charge in [-0.05, 0) is 24.6 Å². The molecule has 0 radical (unpaired) electrons. The number of nitrogens with one attached hydrogen (secondary N) is 1. The highest BCUT2D eigenvalue weighted by molar-refractivity contribution is 7.15. The molecule has 0 aliphatic rings. The first-order valence-corrected chi connectivity index (χ1v) is 6.92. The number of hydrogen-bond acceptors (Lipinski definition) is 5. The minimum absolute atomic E-state index is 0.409. The van der Waals surface area contributed by atoms with E-state index >= 15 is 0 Å². The van der Waals surface area contributed by atoms with Crippen molar-refractivity contribution in [1.82, 2.24) is 10.2 Å². The maximum Gasteiger partial charge on any atom is 0.205 e. The Bertz CT molecular complexity index is 504. The maximum absolute atomic E-state index is 5.87. The molecule has 18 heavy (non-hydrogen) atoms. The minimum atomic E-state index is 0.409. The zero-order valence-electron chi connectivity index (χ0n) is 10.0. The molecule has 1 aromatic carbocycles. The molecule has 4 nitrogen and oxygen atoms in total. The zero-order valence-corrected chi connectivity index (χ0v) is 11.6. The molecule has 6 heteroatoms. The molecule has 1 N–H and O–H groups in total. The van der Waals surface area contributed by atoms with Crippen LogP contribution in [0.25, 0.3) is 0 Å². The van der Waals surface area contributed by atoms with Gasteiger partial charge >= 0.3 is 0 Å². The molecule has 0 saturated heterocycles. The maximum atomic E-state index is 5.87. The largest absolute Gasteiger partial charge is 0.486 e. The van der Waals surface area contributed by atoms with Crippen LogP contribution in [0.15, 0.2) is 24.3 Å². The third-order valence-corrected chi connectivity index (χ3v) is 3.24. The molecule has 0 unspecified atom stereocenters. The molecular formula is C12H14ClN3OS. The Hall–Kier alpha value is -1.33. The van der Waals surface area contributed by atoms with Crippen molar-refractivity contribution in [3.8, 4) is 5.75 Å². The van der Waals surface area contributed by atoms with E-state index in [0.29, 0.717) is 11.6 Å². The standard InChI is InChI=1S/C12H14ClN3OS/c1-2-6-14-12-16-15-11(18-12)8-17-10-5-3-4-9(13)7-10/h3-5,7H,2,6,8H2,1H3,(H,14,16). The monoisotopic (exact) mass is 283 g/mol. The molecule has 2 aromatic rings. The van der Waals surface area contributed by atoms with Gasteiger partial charge in [0, 0.05) is 11.6 Å². The third-order valence-electron chi connectivity index (χ3n) is 2.15. The van der Waals surface area contributed by atoms with E-state index in [2.05, 4.69) is 22.4 Å². The van der Waals surface area contributed by atoms with Gasteiger partial charge in [0.15, 0.2) is 5.01 Å². The fourth-order valence-corrected chi connectivity index (χ4v) is 2.18. The first-order valence-electron chi connectivity index (χ1n) is 5.72. The van der Waals surface area contributed by atoms with Gasteiger partial charge in [0.25, 0.3) is 0 Å². The van der Waals surface area contributed by atoms with E-state index in [1.54, 1.807) is 6.07 Å². The normalized spacial score (nSPS) is 10.3. The van der Waals surface area contributed by atoms with Gasteiger partial charge in [-0.2, -0.15) is 0 Å². The number of benzene rings is 1. The summed E-state index contributed by atoms with van der Waals surface area (Å²) < 4.78 is 5.59. The number of rotatable bonds is 6. The lowest BCUT2D eigenvalue weighted by molar-refractivity contribution is 0.304. The van der Waals surface area contributed by atoms with E-state index < -0.39 is 0 Å². The number of hydrogen-bond donors (Lipinski definition) is 1. The second-order valence-electron chi connectivity index (χ2n) is 3.67. The van der Waals surface area contributed by atoms with Gasteiger partial charge in [0.05, 0.1) is 0 Å². The molecule has 0 atom stereocenters. The molecule has 0 spiro atoms. The SMILES string of the molecule is CCCNc1nnc(COc2cccc(Cl)c2)s1. The number of halogens is 1. The van der Waals surface area contributed by atoms with Crippen LogP contribution >= 0.6 is 22.9 Å². The van der Waals surface area contributed by atoms with Gasteiger partial charge in [-0.25, -0.2) is 0 Å².